The molecular weight excluding hydrogens is 244 g/mol. The molecular formula is C15H17ClN2. The Morgan fingerprint density at radius 2 is 2.11 bits per heavy atom. The molecule has 1 N–H and O–H groups in total. The number of rotatable bonds is 4. The molecule has 0 aliphatic carbocycles. The van der Waals surface area contributed by atoms with Crippen molar-refractivity contribution >= 4 is 11.6 Å². The van der Waals surface area contributed by atoms with Crippen LogP contribution in [0, 0.1) is 6.92 Å². The molecule has 0 spiro atoms. The summed E-state index contributed by atoms with van der Waals surface area (Å²) in [7, 11) is 1.96. The largest absolute Gasteiger partial charge is 0.313 e. The summed E-state index contributed by atoms with van der Waals surface area (Å²) in [5.74, 6) is 0. The van der Waals surface area contributed by atoms with Gasteiger partial charge in [0.2, 0.25) is 0 Å². The quantitative estimate of drug-likeness (QED) is 0.910. The summed E-state index contributed by atoms with van der Waals surface area (Å²) < 4.78 is 0. The zero-order chi connectivity index (χ0) is 13.0. The highest BCUT2D eigenvalue weighted by Crippen LogP contribution is 2.23. The fraction of sp³-hybridized carbons (Fsp3) is 0.267. The predicted octanol–water partition coefficient (Wildman–Crippen LogP) is 3.55. The Hall–Kier alpha value is -1.38. The Morgan fingerprint density at radius 1 is 1.28 bits per heavy atom. The van der Waals surface area contributed by atoms with Crippen LogP contribution in [0.2, 0.25) is 5.02 Å². The van der Waals surface area contributed by atoms with Crippen LogP contribution in [0.1, 0.15) is 22.9 Å². The molecule has 94 valence electrons. The molecule has 0 aliphatic heterocycles. The highest BCUT2D eigenvalue weighted by molar-refractivity contribution is 6.31. The van der Waals surface area contributed by atoms with Gasteiger partial charge in [-0.15, -0.1) is 0 Å². The first-order valence-electron chi connectivity index (χ1n) is 6.04. The lowest BCUT2D eigenvalue weighted by Crippen LogP contribution is -2.19. The Bertz CT molecular complexity index is 511. The molecule has 1 atom stereocenters. The number of pyridine rings is 1. The summed E-state index contributed by atoms with van der Waals surface area (Å²) in [6.45, 7) is 2.01. The molecule has 3 heteroatoms. The van der Waals surface area contributed by atoms with Crippen molar-refractivity contribution < 1.29 is 0 Å². The topological polar surface area (TPSA) is 24.9 Å². The lowest BCUT2D eigenvalue weighted by atomic mass is 10.0. The summed E-state index contributed by atoms with van der Waals surface area (Å²) in [6.07, 6.45) is 2.68. The maximum absolute atomic E-state index is 6.17. The minimum Gasteiger partial charge on any atom is -0.313 e. The van der Waals surface area contributed by atoms with E-state index in [9.17, 15) is 0 Å². The number of halogens is 1. The summed E-state index contributed by atoms with van der Waals surface area (Å²) >= 11 is 6.17. The Kier molecular flexibility index (Phi) is 4.34. The van der Waals surface area contributed by atoms with Gasteiger partial charge >= 0.3 is 0 Å². The first-order valence-corrected chi connectivity index (χ1v) is 6.41. The van der Waals surface area contributed by atoms with Gasteiger partial charge in [-0.2, -0.15) is 0 Å². The van der Waals surface area contributed by atoms with Gasteiger partial charge in [0.1, 0.15) is 0 Å². The number of hydrogen-bond acceptors (Lipinski definition) is 2. The van der Waals surface area contributed by atoms with Crippen LogP contribution in [0.4, 0.5) is 0 Å². The van der Waals surface area contributed by atoms with Gasteiger partial charge in [0.25, 0.3) is 0 Å². The normalized spacial score (nSPS) is 12.4. The van der Waals surface area contributed by atoms with E-state index in [1.807, 2.05) is 44.4 Å². The SMILES string of the molecule is CNC(Cc1ccccn1)c1ccc(C)c(Cl)c1. The summed E-state index contributed by atoms with van der Waals surface area (Å²) in [6, 6.07) is 12.4. The van der Waals surface area contributed by atoms with E-state index in [-0.39, 0.29) is 6.04 Å². The molecule has 0 aliphatic rings. The molecule has 2 aromatic rings. The number of benzene rings is 1. The van der Waals surface area contributed by atoms with E-state index in [0.717, 1.165) is 22.7 Å². The van der Waals surface area contributed by atoms with Crippen molar-refractivity contribution in [2.75, 3.05) is 7.05 Å². The summed E-state index contributed by atoms with van der Waals surface area (Å²) in [5.41, 5.74) is 3.38. The van der Waals surface area contributed by atoms with Crippen LogP contribution in [0.5, 0.6) is 0 Å². The van der Waals surface area contributed by atoms with Gasteiger partial charge in [-0.3, -0.25) is 4.98 Å². The number of aryl methyl sites for hydroxylation is 1. The van der Waals surface area contributed by atoms with E-state index >= 15 is 0 Å². The minimum absolute atomic E-state index is 0.234. The number of aromatic nitrogens is 1. The van der Waals surface area contributed by atoms with E-state index in [2.05, 4.69) is 22.4 Å². The molecule has 0 fully saturated rings. The molecule has 0 bridgehead atoms. The second-order valence-corrected chi connectivity index (χ2v) is 4.78. The van der Waals surface area contributed by atoms with E-state index < -0.39 is 0 Å². The fourth-order valence-corrected chi connectivity index (χ4v) is 2.13. The van der Waals surface area contributed by atoms with E-state index in [4.69, 9.17) is 11.6 Å². The van der Waals surface area contributed by atoms with E-state index in [1.165, 1.54) is 5.56 Å². The zero-order valence-electron chi connectivity index (χ0n) is 10.7. The first-order chi connectivity index (χ1) is 8.70. The average Bonchev–Trinajstić information content (AvgIpc) is 2.40. The Labute approximate surface area is 113 Å². The van der Waals surface area contributed by atoms with Gasteiger partial charge in [0, 0.05) is 29.4 Å². The van der Waals surface area contributed by atoms with Gasteiger partial charge in [0.15, 0.2) is 0 Å². The number of likely N-dealkylation sites (N-methyl/N-ethyl adjacent to an activating group) is 1. The maximum atomic E-state index is 6.17. The van der Waals surface area contributed by atoms with Crippen molar-refractivity contribution in [2.45, 2.75) is 19.4 Å². The Morgan fingerprint density at radius 3 is 2.72 bits per heavy atom. The Balaban J connectivity index is 2.20. The standard InChI is InChI=1S/C15H17ClN2/c1-11-6-7-12(9-14(11)16)15(17-2)10-13-5-3-4-8-18-13/h3-9,15,17H,10H2,1-2H3. The first kappa shape index (κ1) is 13.1. The van der Waals surface area contributed by atoms with Gasteiger partial charge in [0.05, 0.1) is 0 Å². The average molecular weight is 261 g/mol. The van der Waals surface area contributed by atoms with Crippen LogP contribution in [0.3, 0.4) is 0 Å². The van der Waals surface area contributed by atoms with Crippen LogP contribution >= 0.6 is 11.6 Å². The third-order valence-electron chi connectivity index (χ3n) is 3.09. The van der Waals surface area contributed by atoms with Gasteiger partial charge < -0.3 is 5.32 Å². The van der Waals surface area contributed by atoms with Crippen molar-refractivity contribution in [1.29, 1.82) is 0 Å². The molecule has 1 unspecified atom stereocenters. The zero-order valence-corrected chi connectivity index (χ0v) is 11.4. The number of nitrogens with zero attached hydrogens (tertiary/aromatic N) is 1. The van der Waals surface area contributed by atoms with Crippen LogP contribution in [-0.4, -0.2) is 12.0 Å². The predicted molar refractivity (Wildman–Crippen MR) is 75.9 cm³/mol. The number of hydrogen-bond donors (Lipinski definition) is 1. The molecule has 0 amide bonds. The molecule has 1 heterocycles. The molecule has 0 saturated carbocycles. The third-order valence-corrected chi connectivity index (χ3v) is 3.49. The van der Waals surface area contributed by atoms with Crippen molar-refractivity contribution in [3.8, 4) is 0 Å². The smallest absolute Gasteiger partial charge is 0.0438 e. The monoisotopic (exact) mass is 260 g/mol. The highest BCUT2D eigenvalue weighted by atomic mass is 35.5. The minimum atomic E-state index is 0.234. The van der Waals surface area contributed by atoms with Crippen LogP contribution < -0.4 is 5.32 Å². The second-order valence-electron chi connectivity index (χ2n) is 4.38. The fourth-order valence-electron chi connectivity index (χ4n) is 1.94. The molecule has 18 heavy (non-hydrogen) atoms. The van der Waals surface area contributed by atoms with Crippen LogP contribution in [-0.2, 0) is 6.42 Å². The van der Waals surface area contributed by atoms with E-state index in [1.54, 1.807) is 0 Å². The molecule has 1 aromatic carbocycles. The summed E-state index contributed by atoms with van der Waals surface area (Å²) in [5, 5.41) is 4.13. The molecule has 2 rings (SSSR count). The van der Waals surface area contributed by atoms with Gasteiger partial charge in [-0.25, -0.2) is 0 Å². The molecule has 1 aromatic heterocycles. The maximum Gasteiger partial charge on any atom is 0.0438 e. The second kappa shape index (κ2) is 5.98. The summed E-state index contributed by atoms with van der Waals surface area (Å²) in [4.78, 5) is 4.36. The van der Waals surface area contributed by atoms with Gasteiger partial charge in [-0.05, 0) is 43.3 Å². The van der Waals surface area contributed by atoms with Crippen molar-refractivity contribution in [3.05, 3.63) is 64.4 Å². The lowest BCUT2D eigenvalue weighted by Gasteiger charge is -2.17. The third kappa shape index (κ3) is 3.09. The van der Waals surface area contributed by atoms with E-state index in [0.29, 0.717) is 0 Å². The van der Waals surface area contributed by atoms with Crippen LogP contribution in [0.25, 0.3) is 0 Å². The van der Waals surface area contributed by atoms with Crippen molar-refractivity contribution in [1.82, 2.24) is 10.3 Å². The highest BCUT2D eigenvalue weighted by Gasteiger charge is 2.11. The molecule has 2 nitrogen and oxygen atoms in total. The van der Waals surface area contributed by atoms with Crippen molar-refractivity contribution in [2.24, 2.45) is 0 Å². The lowest BCUT2D eigenvalue weighted by molar-refractivity contribution is 0.584. The van der Waals surface area contributed by atoms with Crippen LogP contribution in [0.15, 0.2) is 42.6 Å². The van der Waals surface area contributed by atoms with Crippen molar-refractivity contribution in [3.63, 3.8) is 0 Å². The molecule has 0 saturated heterocycles. The number of nitrogens with one attached hydrogen (secondary N) is 1. The van der Waals surface area contributed by atoms with Gasteiger partial charge in [-0.1, -0.05) is 29.8 Å². The molecule has 0 radical (unpaired) electrons.